The van der Waals surface area contributed by atoms with Crippen LogP contribution in [0.3, 0.4) is 0 Å². The van der Waals surface area contributed by atoms with E-state index in [-0.39, 0.29) is 5.41 Å². The molecule has 1 rings (SSSR count). The van der Waals surface area contributed by atoms with Crippen molar-refractivity contribution in [1.29, 1.82) is 0 Å². The topological polar surface area (TPSA) is 21.3 Å². The second-order valence-electron chi connectivity index (χ2n) is 7.12. The van der Waals surface area contributed by atoms with Crippen molar-refractivity contribution in [2.24, 2.45) is 10.8 Å². The first-order valence-electron chi connectivity index (χ1n) is 7.17. The van der Waals surface area contributed by atoms with Gasteiger partial charge in [-0.2, -0.15) is 0 Å². The summed E-state index contributed by atoms with van der Waals surface area (Å²) in [6.45, 7) is 14.4. The molecule has 2 nitrogen and oxygen atoms in total. The fourth-order valence-corrected chi connectivity index (χ4v) is 2.40. The van der Waals surface area contributed by atoms with E-state index in [2.05, 4.69) is 39.9 Å². The van der Waals surface area contributed by atoms with Gasteiger partial charge in [-0.3, -0.25) is 0 Å². The Hall–Kier alpha value is -0.0800. The molecule has 0 aliphatic heterocycles. The molecule has 0 atom stereocenters. The van der Waals surface area contributed by atoms with Gasteiger partial charge in [0.25, 0.3) is 0 Å². The number of hydrogen-bond acceptors (Lipinski definition) is 2. The summed E-state index contributed by atoms with van der Waals surface area (Å²) in [6.07, 6.45) is 5.61. The van der Waals surface area contributed by atoms with Crippen LogP contribution in [-0.4, -0.2) is 25.8 Å². The van der Waals surface area contributed by atoms with Crippen LogP contribution in [-0.2, 0) is 4.74 Å². The van der Waals surface area contributed by atoms with Crippen molar-refractivity contribution >= 4 is 0 Å². The van der Waals surface area contributed by atoms with Gasteiger partial charge in [-0.1, -0.05) is 34.6 Å². The van der Waals surface area contributed by atoms with Gasteiger partial charge in [-0.15, -0.1) is 0 Å². The molecule has 0 heterocycles. The smallest absolute Gasteiger partial charge is 0.0575 e. The van der Waals surface area contributed by atoms with E-state index in [4.69, 9.17) is 4.74 Å². The first-order chi connectivity index (χ1) is 7.85. The molecule has 0 bridgehead atoms. The lowest BCUT2D eigenvalue weighted by molar-refractivity contribution is -0.0303. The van der Waals surface area contributed by atoms with E-state index in [0.717, 1.165) is 19.7 Å². The maximum atomic E-state index is 6.10. The van der Waals surface area contributed by atoms with Gasteiger partial charge in [0.05, 0.1) is 12.7 Å². The Morgan fingerprint density at radius 2 is 1.82 bits per heavy atom. The first kappa shape index (κ1) is 15.0. The number of nitrogens with one attached hydrogen (secondary N) is 1. The monoisotopic (exact) mass is 241 g/mol. The molecular formula is C15H31NO. The van der Waals surface area contributed by atoms with Crippen LogP contribution in [0.2, 0.25) is 0 Å². The fourth-order valence-electron chi connectivity index (χ4n) is 2.40. The normalized spacial score (nSPS) is 21.7. The van der Waals surface area contributed by atoms with Crippen molar-refractivity contribution in [3.05, 3.63) is 0 Å². The molecule has 0 radical (unpaired) electrons. The standard InChI is InChI=1S/C15H31NO/c1-6-16-11-15(4,5)12-17-13-7-9-14(2,3)10-8-13/h13,16H,6-12H2,1-5H3. The van der Waals surface area contributed by atoms with Crippen LogP contribution in [0.4, 0.5) is 0 Å². The molecule has 1 aliphatic carbocycles. The Balaban J connectivity index is 2.22. The molecule has 0 saturated heterocycles. The summed E-state index contributed by atoms with van der Waals surface area (Å²) in [6, 6.07) is 0. The van der Waals surface area contributed by atoms with Crippen molar-refractivity contribution in [2.75, 3.05) is 19.7 Å². The Bertz CT molecular complexity index is 213. The summed E-state index contributed by atoms with van der Waals surface area (Å²) in [5.74, 6) is 0. The Kier molecular flexibility index (Phi) is 5.46. The van der Waals surface area contributed by atoms with Crippen LogP contribution in [0.5, 0.6) is 0 Å². The van der Waals surface area contributed by atoms with Crippen LogP contribution in [0.1, 0.15) is 60.3 Å². The quantitative estimate of drug-likeness (QED) is 0.767. The van der Waals surface area contributed by atoms with Crippen LogP contribution in [0.15, 0.2) is 0 Å². The average Bonchev–Trinajstić information content (AvgIpc) is 2.25. The van der Waals surface area contributed by atoms with Gasteiger partial charge in [0.2, 0.25) is 0 Å². The van der Waals surface area contributed by atoms with E-state index < -0.39 is 0 Å². The third-order valence-corrected chi connectivity index (χ3v) is 3.85. The third kappa shape index (κ3) is 5.87. The molecule has 1 saturated carbocycles. The number of rotatable bonds is 6. The summed E-state index contributed by atoms with van der Waals surface area (Å²) in [5, 5.41) is 3.41. The molecule has 0 amide bonds. The van der Waals surface area contributed by atoms with Crippen LogP contribution < -0.4 is 5.32 Å². The van der Waals surface area contributed by atoms with Crippen molar-refractivity contribution in [2.45, 2.75) is 66.4 Å². The van der Waals surface area contributed by atoms with E-state index in [0.29, 0.717) is 11.5 Å². The molecule has 0 unspecified atom stereocenters. The number of hydrogen-bond donors (Lipinski definition) is 1. The zero-order chi connectivity index (χ0) is 12.9. The van der Waals surface area contributed by atoms with Gasteiger partial charge >= 0.3 is 0 Å². The molecule has 102 valence electrons. The molecule has 1 N–H and O–H groups in total. The fraction of sp³-hybridized carbons (Fsp3) is 1.00. The highest BCUT2D eigenvalue weighted by Gasteiger charge is 2.28. The zero-order valence-corrected chi connectivity index (χ0v) is 12.4. The summed E-state index contributed by atoms with van der Waals surface area (Å²) < 4.78 is 6.10. The van der Waals surface area contributed by atoms with Crippen molar-refractivity contribution < 1.29 is 4.74 Å². The SMILES string of the molecule is CCNCC(C)(C)COC1CCC(C)(C)CC1. The highest BCUT2D eigenvalue weighted by molar-refractivity contribution is 4.80. The molecule has 1 fully saturated rings. The van der Waals surface area contributed by atoms with E-state index in [1.54, 1.807) is 0 Å². The maximum Gasteiger partial charge on any atom is 0.0575 e. The summed E-state index contributed by atoms with van der Waals surface area (Å²) in [5.41, 5.74) is 0.794. The molecule has 0 aromatic carbocycles. The van der Waals surface area contributed by atoms with Crippen LogP contribution in [0.25, 0.3) is 0 Å². The highest BCUT2D eigenvalue weighted by atomic mass is 16.5. The minimum atomic E-state index is 0.253. The minimum absolute atomic E-state index is 0.253. The largest absolute Gasteiger partial charge is 0.378 e. The lowest BCUT2D eigenvalue weighted by atomic mass is 9.76. The first-order valence-corrected chi connectivity index (χ1v) is 7.17. The molecule has 1 aliphatic rings. The van der Waals surface area contributed by atoms with Gasteiger partial charge in [-0.25, -0.2) is 0 Å². The zero-order valence-electron chi connectivity index (χ0n) is 12.4. The summed E-state index contributed by atoms with van der Waals surface area (Å²) in [7, 11) is 0. The van der Waals surface area contributed by atoms with E-state index in [1.807, 2.05) is 0 Å². The second-order valence-corrected chi connectivity index (χ2v) is 7.12. The number of ether oxygens (including phenoxy) is 1. The lowest BCUT2D eigenvalue weighted by Gasteiger charge is -2.36. The lowest BCUT2D eigenvalue weighted by Crippen LogP contribution is -2.36. The maximum absolute atomic E-state index is 6.10. The molecular weight excluding hydrogens is 210 g/mol. The third-order valence-electron chi connectivity index (χ3n) is 3.85. The van der Waals surface area contributed by atoms with E-state index in [1.165, 1.54) is 25.7 Å². The van der Waals surface area contributed by atoms with Gasteiger partial charge in [-0.05, 0) is 37.6 Å². The molecule has 0 spiro atoms. The predicted octanol–water partition coefficient (Wildman–Crippen LogP) is 3.61. The average molecular weight is 241 g/mol. The second kappa shape index (κ2) is 6.19. The van der Waals surface area contributed by atoms with Crippen LogP contribution in [0, 0.1) is 10.8 Å². The van der Waals surface area contributed by atoms with Gasteiger partial charge in [0.1, 0.15) is 0 Å². The van der Waals surface area contributed by atoms with E-state index >= 15 is 0 Å². The van der Waals surface area contributed by atoms with Crippen molar-refractivity contribution in [3.8, 4) is 0 Å². The molecule has 0 aromatic rings. The van der Waals surface area contributed by atoms with E-state index in [9.17, 15) is 0 Å². The Labute approximate surface area is 108 Å². The van der Waals surface area contributed by atoms with Crippen LogP contribution >= 0.6 is 0 Å². The van der Waals surface area contributed by atoms with Crippen molar-refractivity contribution in [3.63, 3.8) is 0 Å². The van der Waals surface area contributed by atoms with Gasteiger partial charge < -0.3 is 10.1 Å². The highest BCUT2D eigenvalue weighted by Crippen LogP contribution is 2.36. The minimum Gasteiger partial charge on any atom is -0.378 e. The van der Waals surface area contributed by atoms with Crippen molar-refractivity contribution in [1.82, 2.24) is 5.32 Å². The Morgan fingerprint density at radius 1 is 1.24 bits per heavy atom. The van der Waals surface area contributed by atoms with Gasteiger partial charge in [0, 0.05) is 12.0 Å². The summed E-state index contributed by atoms with van der Waals surface area (Å²) >= 11 is 0. The molecule has 17 heavy (non-hydrogen) atoms. The molecule has 0 aromatic heterocycles. The summed E-state index contributed by atoms with van der Waals surface area (Å²) in [4.78, 5) is 0. The van der Waals surface area contributed by atoms with Gasteiger partial charge in [0.15, 0.2) is 0 Å². The Morgan fingerprint density at radius 3 is 2.35 bits per heavy atom. The predicted molar refractivity (Wildman–Crippen MR) is 74.3 cm³/mol. The molecule has 2 heteroatoms.